The minimum Gasteiger partial charge on any atom is -0.316 e. The molecule has 96 valence electrons. The van der Waals surface area contributed by atoms with Gasteiger partial charge in [-0.2, -0.15) is 0 Å². The molecule has 0 amide bonds. The van der Waals surface area contributed by atoms with Crippen LogP contribution in [-0.2, 0) is 6.54 Å². The lowest BCUT2D eigenvalue weighted by Gasteiger charge is -2.24. The number of likely N-dealkylation sites (N-methyl/N-ethyl adjacent to an activating group) is 2. The Bertz CT molecular complexity index is 322. The molecular formula is C15H26N2. The Hall–Kier alpha value is -0.860. The summed E-state index contributed by atoms with van der Waals surface area (Å²) in [5.41, 5.74) is 2.82. The Morgan fingerprint density at radius 2 is 2.00 bits per heavy atom. The van der Waals surface area contributed by atoms with Crippen LogP contribution in [0.15, 0.2) is 24.3 Å². The van der Waals surface area contributed by atoms with Gasteiger partial charge in [-0.25, -0.2) is 0 Å². The zero-order chi connectivity index (χ0) is 12.7. The molecule has 0 heterocycles. The van der Waals surface area contributed by atoms with E-state index < -0.39 is 0 Å². The first-order chi connectivity index (χ1) is 8.17. The van der Waals surface area contributed by atoms with E-state index in [1.807, 2.05) is 0 Å². The summed E-state index contributed by atoms with van der Waals surface area (Å²) in [6, 6.07) is 9.24. The van der Waals surface area contributed by atoms with Gasteiger partial charge in [0.1, 0.15) is 0 Å². The number of rotatable bonds is 7. The van der Waals surface area contributed by atoms with Crippen molar-refractivity contribution in [2.45, 2.75) is 39.3 Å². The summed E-state index contributed by atoms with van der Waals surface area (Å²) >= 11 is 0. The SMILES string of the molecule is CCCC(CN(C)Cc1ccccc1C)NC. The molecule has 1 aromatic carbocycles. The Morgan fingerprint density at radius 3 is 2.59 bits per heavy atom. The van der Waals surface area contributed by atoms with E-state index in [1.54, 1.807) is 0 Å². The summed E-state index contributed by atoms with van der Waals surface area (Å²) in [5.74, 6) is 0. The van der Waals surface area contributed by atoms with Gasteiger partial charge >= 0.3 is 0 Å². The summed E-state index contributed by atoms with van der Waals surface area (Å²) in [6.07, 6.45) is 2.48. The maximum Gasteiger partial charge on any atom is 0.0233 e. The first kappa shape index (κ1) is 14.2. The van der Waals surface area contributed by atoms with Crippen molar-refractivity contribution in [2.24, 2.45) is 0 Å². The van der Waals surface area contributed by atoms with Crippen molar-refractivity contribution in [3.8, 4) is 0 Å². The zero-order valence-corrected chi connectivity index (χ0v) is 11.7. The molecule has 1 atom stereocenters. The van der Waals surface area contributed by atoms with Crippen molar-refractivity contribution >= 4 is 0 Å². The fourth-order valence-electron chi connectivity index (χ4n) is 2.19. The van der Waals surface area contributed by atoms with E-state index in [1.165, 1.54) is 24.0 Å². The average molecular weight is 234 g/mol. The number of hydrogen-bond acceptors (Lipinski definition) is 2. The number of nitrogens with one attached hydrogen (secondary N) is 1. The van der Waals surface area contributed by atoms with Gasteiger partial charge in [-0.1, -0.05) is 37.6 Å². The van der Waals surface area contributed by atoms with Crippen LogP contribution in [0, 0.1) is 6.92 Å². The largest absolute Gasteiger partial charge is 0.316 e. The number of hydrogen-bond donors (Lipinski definition) is 1. The fourth-order valence-corrected chi connectivity index (χ4v) is 2.19. The monoisotopic (exact) mass is 234 g/mol. The lowest BCUT2D eigenvalue weighted by atomic mass is 10.1. The second-order valence-electron chi connectivity index (χ2n) is 4.90. The summed E-state index contributed by atoms with van der Waals surface area (Å²) in [6.45, 7) is 6.57. The van der Waals surface area contributed by atoms with Crippen molar-refractivity contribution in [2.75, 3.05) is 20.6 Å². The number of aryl methyl sites for hydroxylation is 1. The quantitative estimate of drug-likeness (QED) is 0.780. The molecule has 17 heavy (non-hydrogen) atoms. The molecule has 2 nitrogen and oxygen atoms in total. The Balaban J connectivity index is 2.49. The predicted octanol–water partition coefficient (Wildman–Crippen LogP) is 2.81. The van der Waals surface area contributed by atoms with Gasteiger partial charge in [-0.3, -0.25) is 0 Å². The highest BCUT2D eigenvalue weighted by Crippen LogP contribution is 2.10. The van der Waals surface area contributed by atoms with Gasteiger partial charge in [0.05, 0.1) is 0 Å². The Kier molecular flexibility index (Phi) is 6.23. The standard InChI is InChI=1S/C15H26N2/c1-5-8-15(16-3)12-17(4)11-14-10-7-6-9-13(14)2/h6-7,9-10,15-16H,5,8,11-12H2,1-4H3. The highest BCUT2D eigenvalue weighted by molar-refractivity contribution is 5.25. The lowest BCUT2D eigenvalue weighted by molar-refractivity contribution is 0.279. The van der Waals surface area contributed by atoms with E-state index >= 15 is 0 Å². The molecule has 2 heteroatoms. The van der Waals surface area contributed by atoms with Crippen LogP contribution in [0.3, 0.4) is 0 Å². The van der Waals surface area contributed by atoms with E-state index in [0.29, 0.717) is 6.04 Å². The predicted molar refractivity (Wildman–Crippen MR) is 75.3 cm³/mol. The van der Waals surface area contributed by atoms with E-state index in [4.69, 9.17) is 0 Å². The van der Waals surface area contributed by atoms with Crippen molar-refractivity contribution in [1.82, 2.24) is 10.2 Å². The fraction of sp³-hybridized carbons (Fsp3) is 0.600. The van der Waals surface area contributed by atoms with Gasteiger partial charge in [0.15, 0.2) is 0 Å². The number of nitrogens with zero attached hydrogens (tertiary/aromatic N) is 1. The molecule has 0 radical (unpaired) electrons. The van der Waals surface area contributed by atoms with Crippen LogP contribution in [0.1, 0.15) is 30.9 Å². The molecule has 1 unspecified atom stereocenters. The summed E-state index contributed by atoms with van der Waals surface area (Å²) in [4.78, 5) is 2.40. The molecule has 0 aliphatic carbocycles. The molecule has 0 saturated heterocycles. The third-order valence-electron chi connectivity index (χ3n) is 3.28. The number of benzene rings is 1. The van der Waals surface area contributed by atoms with Gasteiger partial charge < -0.3 is 10.2 Å². The van der Waals surface area contributed by atoms with Crippen molar-refractivity contribution in [3.05, 3.63) is 35.4 Å². The molecule has 0 bridgehead atoms. The molecule has 0 aliphatic heterocycles. The molecule has 0 aliphatic rings. The smallest absolute Gasteiger partial charge is 0.0233 e. The minimum absolute atomic E-state index is 0.606. The van der Waals surface area contributed by atoms with Gasteiger partial charge in [0, 0.05) is 19.1 Å². The summed E-state index contributed by atoms with van der Waals surface area (Å²) in [5, 5.41) is 3.39. The van der Waals surface area contributed by atoms with Crippen LogP contribution < -0.4 is 5.32 Å². The molecular weight excluding hydrogens is 208 g/mol. The van der Waals surface area contributed by atoms with E-state index in [-0.39, 0.29) is 0 Å². The van der Waals surface area contributed by atoms with Crippen LogP contribution in [0.2, 0.25) is 0 Å². The van der Waals surface area contributed by atoms with E-state index in [0.717, 1.165) is 13.1 Å². The molecule has 0 saturated carbocycles. The van der Waals surface area contributed by atoms with Gasteiger partial charge in [-0.15, -0.1) is 0 Å². The topological polar surface area (TPSA) is 15.3 Å². The Morgan fingerprint density at radius 1 is 1.29 bits per heavy atom. The van der Waals surface area contributed by atoms with Gasteiger partial charge in [0.2, 0.25) is 0 Å². The molecule has 1 rings (SSSR count). The average Bonchev–Trinajstić information content (AvgIpc) is 2.31. The normalized spacial score (nSPS) is 13.0. The third kappa shape index (κ3) is 4.88. The van der Waals surface area contributed by atoms with Crippen LogP contribution in [0.5, 0.6) is 0 Å². The lowest BCUT2D eigenvalue weighted by Crippen LogP contribution is -2.37. The molecule has 0 aromatic heterocycles. The maximum atomic E-state index is 3.39. The minimum atomic E-state index is 0.606. The summed E-state index contributed by atoms with van der Waals surface area (Å²) in [7, 11) is 4.26. The van der Waals surface area contributed by atoms with Gasteiger partial charge in [0.25, 0.3) is 0 Å². The van der Waals surface area contributed by atoms with Crippen LogP contribution >= 0.6 is 0 Å². The van der Waals surface area contributed by atoms with Crippen LogP contribution in [-0.4, -0.2) is 31.6 Å². The van der Waals surface area contributed by atoms with E-state index in [9.17, 15) is 0 Å². The third-order valence-corrected chi connectivity index (χ3v) is 3.28. The first-order valence-electron chi connectivity index (χ1n) is 6.57. The molecule has 1 N–H and O–H groups in total. The first-order valence-corrected chi connectivity index (χ1v) is 6.57. The highest BCUT2D eigenvalue weighted by Gasteiger charge is 2.09. The Labute approximate surface area is 106 Å². The summed E-state index contributed by atoms with van der Waals surface area (Å²) < 4.78 is 0. The zero-order valence-electron chi connectivity index (χ0n) is 11.7. The maximum absolute atomic E-state index is 3.39. The second-order valence-corrected chi connectivity index (χ2v) is 4.90. The molecule has 1 aromatic rings. The van der Waals surface area contributed by atoms with Crippen LogP contribution in [0.25, 0.3) is 0 Å². The van der Waals surface area contributed by atoms with Crippen LogP contribution in [0.4, 0.5) is 0 Å². The van der Waals surface area contributed by atoms with Crippen molar-refractivity contribution in [3.63, 3.8) is 0 Å². The van der Waals surface area contributed by atoms with Gasteiger partial charge in [-0.05, 0) is 38.6 Å². The molecule has 0 fully saturated rings. The second kappa shape index (κ2) is 7.46. The highest BCUT2D eigenvalue weighted by atomic mass is 15.1. The van der Waals surface area contributed by atoms with E-state index in [2.05, 4.69) is 62.4 Å². The molecule has 0 spiro atoms. The van der Waals surface area contributed by atoms with Crippen molar-refractivity contribution in [1.29, 1.82) is 0 Å². The van der Waals surface area contributed by atoms with Crippen molar-refractivity contribution < 1.29 is 0 Å².